The number of hydrogen-bond acceptors (Lipinski definition) is 5. The van der Waals surface area contributed by atoms with Crippen molar-refractivity contribution < 1.29 is 19.2 Å². The van der Waals surface area contributed by atoms with Crippen LogP contribution in [0, 0.1) is 0 Å². The number of halogens is 1. The Kier molecular flexibility index (Phi) is 6.31. The van der Waals surface area contributed by atoms with Gasteiger partial charge >= 0.3 is 5.97 Å². The van der Waals surface area contributed by atoms with Crippen molar-refractivity contribution in [1.29, 1.82) is 0 Å². The molecule has 7 nitrogen and oxygen atoms in total. The molecule has 0 unspecified atom stereocenters. The Morgan fingerprint density at radius 1 is 1.25 bits per heavy atom. The Labute approximate surface area is 144 Å². The van der Waals surface area contributed by atoms with Gasteiger partial charge in [-0.15, -0.1) is 0 Å². The number of amides is 1. The molecule has 0 aliphatic rings. The van der Waals surface area contributed by atoms with Crippen molar-refractivity contribution in [2.75, 3.05) is 13.6 Å². The molecular formula is C16H18ClN3O4. The van der Waals surface area contributed by atoms with Gasteiger partial charge in [0.1, 0.15) is 0 Å². The van der Waals surface area contributed by atoms with Gasteiger partial charge in [0.2, 0.25) is 17.6 Å². The van der Waals surface area contributed by atoms with Gasteiger partial charge in [-0.25, -0.2) is 0 Å². The fourth-order valence-corrected chi connectivity index (χ4v) is 2.17. The first-order valence-electron chi connectivity index (χ1n) is 7.50. The second-order valence-corrected chi connectivity index (χ2v) is 5.77. The van der Waals surface area contributed by atoms with Crippen LogP contribution in [0.15, 0.2) is 28.8 Å². The molecule has 0 bridgehead atoms. The number of carboxylic acid groups (broad SMARTS) is 1. The van der Waals surface area contributed by atoms with Gasteiger partial charge in [-0.2, -0.15) is 4.98 Å². The van der Waals surface area contributed by atoms with Crippen molar-refractivity contribution >= 4 is 23.5 Å². The maximum absolute atomic E-state index is 11.9. The predicted octanol–water partition coefficient (Wildman–Crippen LogP) is 2.65. The van der Waals surface area contributed by atoms with E-state index in [-0.39, 0.29) is 18.9 Å². The normalized spacial score (nSPS) is 10.6. The van der Waals surface area contributed by atoms with Crippen LogP contribution < -0.4 is 0 Å². The van der Waals surface area contributed by atoms with Crippen LogP contribution in [0.1, 0.15) is 25.2 Å². The second-order valence-electron chi connectivity index (χ2n) is 5.33. The van der Waals surface area contributed by atoms with Crippen molar-refractivity contribution in [3.05, 3.63) is 35.2 Å². The van der Waals surface area contributed by atoms with E-state index < -0.39 is 5.97 Å². The number of carbonyl (C=O) groups excluding carboxylic acids is 1. The molecule has 2 aromatic rings. The van der Waals surface area contributed by atoms with Crippen molar-refractivity contribution in [2.24, 2.45) is 0 Å². The van der Waals surface area contributed by atoms with E-state index in [1.807, 2.05) is 0 Å². The summed E-state index contributed by atoms with van der Waals surface area (Å²) in [7, 11) is 1.59. The number of aliphatic carboxylic acids is 1. The van der Waals surface area contributed by atoms with Gasteiger partial charge in [0.15, 0.2) is 0 Å². The number of carbonyl (C=O) groups is 2. The van der Waals surface area contributed by atoms with Crippen LogP contribution in [0.3, 0.4) is 0 Å². The minimum atomic E-state index is -0.921. The zero-order chi connectivity index (χ0) is 17.5. The Morgan fingerprint density at radius 2 is 1.96 bits per heavy atom. The van der Waals surface area contributed by atoms with Gasteiger partial charge in [0.05, 0.1) is 6.42 Å². The number of benzene rings is 1. The van der Waals surface area contributed by atoms with Crippen molar-refractivity contribution in [3.63, 3.8) is 0 Å². The van der Waals surface area contributed by atoms with E-state index in [1.54, 1.807) is 31.3 Å². The molecule has 128 valence electrons. The Hall–Kier alpha value is -2.41. The first kappa shape index (κ1) is 17.9. The van der Waals surface area contributed by atoms with Gasteiger partial charge in [-0.3, -0.25) is 9.59 Å². The van der Waals surface area contributed by atoms with Crippen molar-refractivity contribution in [3.8, 4) is 11.4 Å². The molecule has 0 aliphatic heterocycles. The van der Waals surface area contributed by atoms with E-state index in [0.717, 1.165) is 5.56 Å². The molecule has 0 spiro atoms. The summed E-state index contributed by atoms with van der Waals surface area (Å²) in [6.45, 7) is 0.204. The summed E-state index contributed by atoms with van der Waals surface area (Å²) >= 11 is 5.84. The molecule has 8 heteroatoms. The zero-order valence-electron chi connectivity index (χ0n) is 13.2. The molecule has 1 heterocycles. The van der Waals surface area contributed by atoms with E-state index in [0.29, 0.717) is 36.0 Å². The van der Waals surface area contributed by atoms with Gasteiger partial charge in [-0.05, 0) is 30.7 Å². The second kappa shape index (κ2) is 8.44. The Morgan fingerprint density at radius 3 is 2.62 bits per heavy atom. The van der Waals surface area contributed by atoms with Crippen LogP contribution in [0.5, 0.6) is 0 Å². The topological polar surface area (TPSA) is 96.5 Å². The minimum Gasteiger partial charge on any atom is -0.481 e. The number of carboxylic acids is 1. The quantitative estimate of drug-likeness (QED) is 0.785. The lowest BCUT2D eigenvalue weighted by Gasteiger charge is -2.15. The number of aromatic nitrogens is 2. The fourth-order valence-electron chi connectivity index (χ4n) is 2.04. The molecule has 0 fully saturated rings. The van der Waals surface area contributed by atoms with Gasteiger partial charge in [0.25, 0.3) is 0 Å². The number of aryl methyl sites for hydroxylation is 1. The summed E-state index contributed by atoms with van der Waals surface area (Å²) in [5.41, 5.74) is 0.805. The monoisotopic (exact) mass is 351 g/mol. The summed E-state index contributed by atoms with van der Waals surface area (Å²) in [4.78, 5) is 28.1. The molecule has 0 aliphatic carbocycles. The van der Waals surface area contributed by atoms with E-state index in [2.05, 4.69) is 10.1 Å². The van der Waals surface area contributed by atoms with Crippen LogP contribution in [-0.4, -0.2) is 45.6 Å². The minimum absolute atomic E-state index is 0.0592. The zero-order valence-corrected chi connectivity index (χ0v) is 14.0. The maximum atomic E-state index is 11.9. The van der Waals surface area contributed by atoms with E-state index >= 15 is 0 Å². The van der Waals surface area contributed by atoms with Crippen LogP contribution in [0.4, 0.5) is 0 Å². The molecule has 0 saturated carbocycles. The third-order valence-corrected chi connectivity index (χ3v) is 3.69. The summed E-state index contributed by atoms with van der Waals surface area (Å²) in [5, 5.41) is 13.1. The Bertz CT molecular complexity index is 700. The van der Waals surface area contributed by atoms with Crippen LogP contribution in [0.2, 0.25) is 5.02 Å². The predicted molar refractivity (Wildman–Crippen MR) is 87.6 cm³/mol. The molecular weight excluding hydrogens is 334 g/mol. The SMILES string of the molecule is CN(CCC(=O)O)C(=O)CCCc1nc(-c2ccc(Cl)cc2)no1. The third-order valence-electron chi connectivity index (χ3n) is 3.44. The number of hydrogen-bond donors (Lipinski definition) is 1. The fraction of sp³-hybridized carbons (Fsp3) is 0.375. The standard InChI is InChI=1S/C16H18ClN3O4/c1-20(10-9-15(22)23)14(21)4-2-3-13-18-16(19-24-13)11-5-7-12(17)8-6-11/h5-8H,2-4,9-10H2,1H3,(H,22,23). The van der Waals surface area contributed by atoms with E-state index in [9.17, 15) is 9.59 Å². The summed E-state index contributed by atoms with van der Waals surface area (Å²) in [6, 6.07) is 7.10. The molecule has 1 aromatic carbocycles. The molecule has 1 aromatic heterocycles. The summed E-state index contributed by atoms with van der Waals surface area (Å²) in [6.07, 6.45) is 1.28. The third kappa shape index (κ3) is 5.34. The molecule has 0 radical (unpaired) electrons. The van der Waals surface area contributed by atoms with Crippen molar-refractivity contribution in [1.82, 2.24) is 15.0 Å². The van der Waals surface area contributed by atoms with Gasteiger partial charge in [-0.1, -0.05) is 16.8 Å². The lowest BCUT2D eigenvalue weighted by molar-refractivity contribution is -0.138. The largest absolute Gasteiger partial charge is 0.481 e. The smallest absolute Gasteiger partial charge is 0.305 e. The molecule has 0 atom stereocenters. The highest BCUT2D eigenvalue weighted by Gasteiger charge is 2.12. The maximum Gasteiger partial charge on any atom is 0.305 e. The number of nitrogens with zero attached hydrogens (tertiary/aromatic N) is 3. The van der Waals surface area contributed by atoms with Crippen LogP contribution >= 0.6 is 11.6 Å². The summed E-state index contributed by atoms with van der Waals surface area (Å²) < 4.78 is 5.17. The van der Waals surface area contributed by atoms with Crippen LogP contribution in [-0.2, 0) is 16.0 Å². The molecule has 24 heavy (non-hydrogen) atoms. The number of rotatable bonds is 8. The van der Waals surface area contributed by atoms with E-state index in [1.165, 1.54) is 4.90 Å². The first-order valence-corrected chi connectivity index (χ1v) is 7.88. The highest BCUT2D eigenvalue weighted by Crippen LogP contribution is 2.19. The van der Waals surface area contributed by atoms with Gasteiger partial charge < -0.3 is 14.5 Å². The van der Waals surface area contributed by atoms with Gasteiger partial charge in [0, 0.05) is 37.0 Å². The van der Waals surface area contributed by atoms with Crippen LogP contribution in [0.25, 0.3) is 11.4 Å². The van der Waals surface area contributed by atoms with Crippen molar-refractivity contribution in [2.45, 2.75) is 25.7 Å². The molecule has 2 rings (SSSR count). The average Bonchev–Trinajstić information content (AvgIpc) is 3.02. The van der Waals surface area contributed by atoms with E-state index in [4.69, 9.17) is 21.2 Å². The Balaban J connectivity index is 1.80. The molecule has 0 saturated heterocycles. The highest BCUT2D eigenvalue weighted by molar-refractivity contribution is 6.30. The first-order chi connectivity index (χ1) is 11.5. The lowest BCUT2D eigenvalue weighted by Crippen LogP contribution is -2.28. The summed E-state index contributed by atoms with van der Waals surface area (Å²) in [5.74, 6) is -0.0866. The average molecular weight is 352 g/mol. The highest BCUT2D eigenvalue weighted by atomic mass is 35.5. The molecule has 1 N–H and O–H groups in total. The lowest BCUT2D eigenvalue weighted by atomic mass is 10.2. The molecule has 1 amide bonds.